The highest BCUT2D eigenvalue weighted by atomic mass is 16.6. The summed E-state index contributed by atoms with van der Waals surface area (Å²) in [5, 5.41) is 14.0. The van der Waals surface area contributed by atoms with Gasteiger partial charge in [-0.05, 0) is 12.1 Å². The van der Waals surface area contributed by atoms with Crippen LogP contribution in [0.4, 0.5) is 5.69 Å². The van der Waals surface area contributed by atoms with Crippen LogP contribution in [0.15, 0.2) is 30.4 Å². The SMILES string of the molecule is O=C([O-])[C@@H]1[C@@H](C(=O)Nc2ccc3c(c2)OCCO3)[C@H]2C=C[C@@H]1O2. The van der Waals surface area contributed by atoms with Crippen molar-refractivity contribution in [2.75, 3.05) is 18.5 Å². The molecule has 3 aliphatic rings. The first-order chi connectivity index (χ1) is 11.1. The number of carboxylic acids is 1. The summed E-state index contributed by atoms with van der Waals surface area (Å²) in [5.74, 6) is -2.29. The van der Waals surface area contributed by atoms with Gasteiger partial charge in [-0.15, -0.1) is 0 Å². The van der Waals surface area contributed by atoms with Gasteiger partial charge in [0.2, 0.25) is 5.91 Å². The highest BCUT2D eigenvalue weighted by Gasteiger charge is 2.50. The molecule has 2 bridgehead atoms. The van der Waals surface area contributed by atoms with Crippen LogP contribution < -0.4 is 19.9 Å². The Kier molecular flexibility index (Phi) is 3.23. The number of benzene rings is 1. The Hall–Kier alpha value is -2.54. The average molecular weight is 316 g/mol. The van der Waals surface area contributed by atoms with E-state index in [-0.39, 0.29) is 0 Å². The van der Waals surface area contributed by atoms with E-state index in [2.05, 4.69) is 5.32 Å². The fourth-order valence-corrected chi connectivity index (χ4v) is 3.25. The second kappa shape index (κ2) is 5.27. The Bertz CT molecular complexity index is 700. The number of aliphatic carboxylic acids is 1. The minimum absolute atomic E-state index is 0.410. The molecule has 0 unspecified atom stereocenters. The lowest BCUT2D eigenvalue weighted by Crippen LogP contribution is -2.45. The largest absolute Gasteiger partial charge is 0.550 e. The van der Waals surface area contributed by atoms with Crippen molar-refractivity contribution in [2.24, 2.45) is 11.8 Å². The molecule has 1 saturated heterocycles. The molecular weight excluding hydrogens is 302 g/mol. The minimum Gasteiger partial charge on any atom is -0.550 e. The van der Waals surface area contributed by atoms with Crippen LogP contribution in [0.3, 0.4) is 0 Å². The van der Waals surface area contributed by atoms with Crippen LogP contribution in [0, 0.1) is 11.8 Å². The van der Waals surface area contributed by atoms with Gasteiger partial charge in [0, 0.05) is 23.6 Å². The molecule has 23 heavy (non-hydrogen) atoms. The zero-order valence-electron chi connectivity index (χ0n) is 12.1. The van der Waals surface area contributed by atoms with Gasteiger partial charge in [0.1, 0.15) is 13.2 Å². The molecule has 4 rings (SSSR count). The van der Waals surface area contributed by atoms with Crippen molar-refractivity contribution < 1.29 is 28.9 Å². The molecule has 4 atom stereocenters. The predicted octanol–water partition coefficient (Wildman–Crippen LogP) is -0.284. The third kappa shape index (κ3) is 2.33. The van der Waals surface area contributed by atoms with Gasteiger partial charge in [-0.3, -0.25) is 4.79 Å². The second-order valence-electron chi connectivity index (χ2n) is 5.67. The summed E-state index contributed by atoms with van der Waals surface area (Å²) in [6, 6.07) is 5.05. The third-order valence-corrected chi connectivity index (χ3v) is 4.28. The van der Waals surface area contributed by atoms with Gasteiger partial charge >= 0.3 is 0 Å². The zero-order valence-corrected chi connectivity index (χ0v) is 12.1. The van der Waals surface area contributed by atoms with E-state index in [1.807, 2.05) is 0 Å². The summed E-state index contributed by atoms with van der Waals surface area (Å²) in [5.41, 5.74) is 0.517. The maximum absolute atomic E-state index is 12.5. The van der Waals surface area contributed by atoms with E-state index in [9.17, 15) is 14.7 Å². The number of ether oxygens (including phenoxy) is 3. The van der Waals surface area contributed by atoms with Gasteiger partial charge in [-0.25, -0.2) is 0 Å². The van der Waals surface area contributed by atoms with Crippen molar-refractivity contribution in [3.05, 3.63) is 30.4 Å². The molecule has 0 aromatic heterocycles. The van der Waals surface area contributed by atoms with Gasteiger partial charge < -0.3 is 29.4 Å². The normalized spacial score (nSPS) is 30.3. The van der Waals surface area contributed by atoms with Gasteiger partial charge in [0.25, 0.3) is 0 Å². The summed E-state index contributed by atoms with van der Waals surface area (Å²) in [4.78, 5) is 23.8. The number of rotatable bonds is 3. The molecule has 1 aromatic rings. The van der Waals surface area contributed by atoms with Gasteiger partial charge in [0.15, 0.2) is 11.5 Å². The Morgan fingerprint density at radius 1 is 1.04 bits per heavy atom. The molecule has 3 heterocycles. The van der Waals surface area contributed by atoms with E-state index in [0.29, 0.717) is 30.4 Å². The van der Waals surface area contributed by atoms with Gasteiger partial charge in [-0.2, -0.15) is 0 Å². The van der Waals surface area contributed by atoms with Crippen molar-refractivity contribution in [3.8, 4) is 11.5 Å². The van der Waals surface area contributed by atoms with Crippen LogP contribution in [0.5, 0.6) is 11.5 Å². The summed E-state index contributed by atoms with van der Waals surface area (Å²) < 4.78 is 16.4. The number of hydrogen-bond acceptors (Lipinski definition) is 6. The Labute approximate surface area is 131 Å². The summed E-state index contributed by atoms with van der Waals surface area (Å²) >= 11 is 0. The smallest absolute Gasteiger partial charge is 0.231 e. The molecule has 7 nitrogen and oxygen atoms in total. The lowest BCUT2D eigenvalue weighted by Gasteiger charge is -2.25. The first-order valence-electron chi connectivity index (χ1n) is 7.38. The lowest BCUT2D eigenvalue weighted by atomic mass is 9.82. The van der Waals surface area contributed by atoms with E-state index in [4.69, 9.17) is 14.2 Å². The number of carboxylic acid groups (broad SMARTS) is 1. The molecule has 3 aliphatic heterocycles. The van der Waals surface area contributed by atoms with Crippen molar-refractivity contribution in [1.29, 1.82) is 0 Å². The maximum atomic E-state index is 12.5. The van der Waals surface area contributed by atoms with Gasteiger partial charge in [0.05, 0.1) is 18.1 Å². The number of carbonyl (C=O) groups excluding carboxylic acids is 2. The van der Waals surface area contributed by atoms with Crippen LogP contribution in [0.2, 0.25) is 0 Å². The van der Waals surface area contributed by atoms with Crippen LogP contribution in [0.25, 0.3) is 0 Å². The second-order valence-corrected chi connectivity index (χ2v) is 5.67. The zero-order chi connectivity index (χ0) is 16.0. The average Bonchev–Trinajstić information content (AvgIpc) is 3.15. The topological polar surface area (TPSA) is 96.9 Å². The van der Waals surface area contributed by atoms with Crippen LogP contribution >= 0.6 is 0 Å². The van der Waals surface area contributed by atoms with Crippen LogP contribution in [-0.4, -0.2) is 37.3 Å². The maximum Gasteiger partial charge on any atom is 0.231 e. The summed E-state index contributed by atoms with van der Waals surface area (Å²) in [6.45, 7) is 0.934. The first kappa shape index (κ1) is 14.1. The fourth-order valence-electron chi connectivity index (χ4n) is 3.25. The number of fused-ring (bicyclic) bond motifs is 3. The molecule has 1 amide bonds. The van der Waals surface area contributed by atoms with Gasteiger partial charge in [-0.1, -0.05) is 12.2 Å². The molecule has 7 heteroatoms. The fraction of sp³-hybridized carbons (Fsp3) is 0.375. The first-order valence-corrected chi connectivity index (χ1v) is 7.38. The quantitative estimate of drug-likeness (QED) is 0.770. The molecule has 0 aliphatic carbocycles. The van der Waals surface area contributed by atoms with Crippen molar-refractivity contribution in [2.45, 2.75) is 12.2 Å². The standard InChI is InChI=1S/C16H15NO6/c18-15(13-10-3-4-11(23-10)14(13)16(19)20)17-8-1-2-9-12(7-8)22-6-5-21-9/h1-4,7,10-11,13-14H,5-6H2,(H,17,18)(H,19,20)/p-1/t10-,11+,13+,14+/m1/s1. The number of hydrogen-bond donors (Lipinski definition) is 1. The third-order valence-electron chi connectivity index (χ3n) is 4.28. The Morgan fingerprint density at radius 3 is 2.48 bits per heavy atom. The van der Waals surface area contributed by atoms with Crippen molar-refractivity contribution in [1.82, 2.24) is 0 Å². The molecular formula is C16H14NO6-. The molecule has 120 valence electrons. The predicted molar refractivity (Wildman–Crippen MR) is 75.8 cm³/mol. The monoisotopic (exact) mass is 316 g/mol. The summed E-state index contributed by atoms with van der Waals surface area (Å²) in [7, 11) is 0. The number of carbonyl (C=O) groups is 2. The molecule has 1 aromatic carbocycles. The molecule has 1 fully saturated rings. The van der Waals surface area contributed by atoms with E-state index >= 15 is 0 Å². The lowest BCUT2D eigenvalue weighted by molar-refractivity contribution is -0.313. The number of amides is 1. The molecule has 0 spiro atoms. The highest BCUT2D eigenvalue weighted by Crippen LogP contribution is 2.40. The minimum atomic E-state index is -1.27. The van der Waals surface area contributed by atoms with E-state index in [1.54, 1.807) is 30.4 Å². The number of anilines is 1. The number of nitrogens with one attached hydrogen (secondary N) is 1. The van der Waals surface area contributed by atoms with Crippen molar-refractivity contribution >= 4 is 17.6 Å². The molecule has 0 saturated carbocycles. The highest BCUT2D eigenvalue weighted by molar-refractivity contribution is 5.96. The molecule has 1 N–H and O–H groups in total. The van der Waals surface area contributed by atoms with Crippen LogP contribution in [0.1, 0.15) is 0 Å². The van der Waals surface area contributed by atoms with E-state index < -0.39 is 35.9 Å². The summed E-state index contributed by atoms with van der Waals surface area (Å²) in [6.07, 6.45) is 2.26. The Balaban J connectivity index is 1.54. The van der Waals surface area contributed by atoms with E-state index in [0.717, 1.165) is 0 Å². The Morgan fingerprint density at radius 2 is 1.74 bits per heavy atom. The molecule has 0 radical (unpaired) electrons. The van der Waals surface area contributed by atoms with E-state index in [1.165, 1.54) is 0 Å². The van der Waals surface area contributed by atoms with Crippen LogP contribution in [-0.2, 0) is 14.3 Å². The van der Waals surface area contributed by atoms with Crippen molar-refractivity contribution in [3.63, 3.8) is 0 Å².